The molecular formula is C20H17F3N4O4S. The maximum atomic E-state index is 12.7. The Morgan fingerprint density at radius 2 is 1.91 bits per heavy atom. The highest BCUT2D eigenvalue weighted by Gasteiger charge is 2.30. The molecule has 168 valence electrons. The molecule has 0 unspecified atom stereocenters. The van der Waals surface area contributed by atoms with Crippen LogP contribution in [0.5, 0.6) is 11.5 Å². The zero-order chi connectivity index (χ0) is 23.1. The predicted octanol–water partition coefficient (Wildman–Crippen LogP) is 3.22. The molecule has 0 bridgehead atoms. The number of H-pyrrole nitrogens is 1. The van der Waals surface area contributed by atoms with Crippen molar-refractivity contribution in [3.05, 3.63) is 65.2 Å². The lowest BCUT2D eigenvalue weighted by Crippen LogP contribution is -2.36. The van der Waals surface area contributed by atoms with Gasteiger partial charge in [0, 0.05) is 19.0 Å². The summed E-state index contributed by atoms with van der Waals surface area (Å²) in [5, 5.41) is -0.276. The van der Waals surface area contributed by atoms with E-state index in [-0.39, 0.29) is 23.1 Å². The van der Waals surface area contributed by atoms with Crippen molar-refractivity contribution in [2.24, 2.45) is 0 Å². The SMILES string of the molecule is CS(=O)(=O)c1nc(C(=O)N2CCc3cc(Oc4ccc(C(F)(F)F)cc4)cnc3C2)c[nH]1. The van der Waals surface area contributed by atoms with Gasteiger partial charge in [0.05, 0.1) is 24.0 Å². The van der Waals surface area contributed by atoms with Crippen LogP contribution in [0.2, 0.25) is 0 Å². The normalized spacial score (nSPS) is 14.2. The van der Waals surface area contributed by atoms with Gasteiger partial charge in [0.15, 0.2) is 0 Å². The van der Waals surface area contributed by atoms with Crippen molar-refractivity contribution in [1.29, 1.82) is 0 Å². The van der Waals surface area contributed by atoms with E-state index in [0.717, 1.165) is 24.0 Å². The van der Waals surface area contributed by atoms with Gasteiger partial charge in [0.25, 0.3) is 5.91 Å². The number of aromatic nitrogens is 3. The summed E-state index contributed by atoms with van der Waals surface area (Å²) in [5.41, 5.74) is 0.718. The molecule has 32 heavy (non-hydrogen) atoms. The zero-order valence-electron chi connectivity index (χ0n) is 16.7. The van der Waals surface area contributed by atoms with E-state index in [1.54, 1.807) is 6.07 Å². The summed E-state index contributed by atoms with van der Waals surface area (Å²) in [6.07, 6.45) is -0.270. The van der Waals surface area contributed by atoms with Crippen molar-refractivity contribution in [3.63, 3.8) is 0 Å². The first-order valence-corrected chi connectivity index (χ1v) is 11.3. The maximum Gasteiger partial charge on any atom is 0.416 e. The van der Waals surface area contributed by atoms with Crippen LogP contribution in [0.4, 0.5) is 13.2 Å². The third-order valence-electron chi connectivity index (χ3n) is 4.86. The minimum absolute atomic E-state index is 0.00358. The number of pyridine rings is 1. The van der Waals surface area contributed by atoms with Crippen LogP contribution in [-0.2, 0) is 29.0 Å². The number of carbonyl (C=O) groups is 1. The molecule has 1 N–H and O–H groups in total. The minimum Gasteiger partial charge on any atom is -0.456 e. The lowest BCUT2D eigenvalue weighted by atomic mass is 10.0. The third-order valence-corrected chi connectivity index (χ3v) is 5.77. The van der Waals surface area contributed by atoms with Gasteiger partial charge >= 0.3 is 6.18 Å². The molecule has 4 rings (SSSR count). The molecule has 0 radical (unpaired) electrons. The topological polar surface area (TPSA) is 105 Å². The van der Waals surface area contributed by atoms with E-state index >= 15 is 0 Å². The molecule has 1 aromatic carbocycles. The van der Waals surface area contributed by atoms with Gasteiger partial charge in [-0.3, -0.25) is 9.78 Å². The second-order valence-corrected chi connectivity index (χ2v) is 9.17. The first-order valence-electron chi connectivity index (χ1n) is 9.38. The summed E-state index contributed by atoms with van der Waals surface area (Å²) < 4.78 is 66.7. The fourth-order valence-corrected chi connectivity index (χ4v) is 3.77. The van der Waals surface area contributed by atoms with Crippen molar-refractivity contribution in [3.8, 4) is 11.5 Å². The van der Waals surface area contributed by atoms with Gasteiger partial charge in [0.1, 0.15) is 17.2 Å². The number of hydrogen-bond donors (Lipinski definition) is 1. The van der Waals surface area contributed by atoms with Crippen molar-refractivity contribution in [2.45, 2.75) is 24.3 Å². The van der Waals surface area contributed by atoms with Crippen molar-refractivity contribution in [2.75, 3.05) is 12.8 Å². The molecule has 1 aliphatic heterocycles. The number of fused-ring (bicyclic) bond motifs is 1. The highest BCUT2D eigenvalue weighted by atomic mass is 32.2. The molecule has 0 atom stereocenters. The van der Waals surface area contributed by atoms with E-state index in [0.29, 0.717) is 24.4 Å². The van der Waals surface area contributed by atoms with Crippen LogP contribution < -0.4 is 4.74 Å². The highest BCUT2D eigenvalue weighted by molar-refractivity contribution is 7.90. The Hall–Kier alpha value is -3.41. The summed E-state index contributed by atoms with van der Waals surface area (Å²) in [4.78, 5) is 24.8. The van der Waals surface area contributed by atoms with Crippen LogP contribution in [0.1, 0.15) is 27.3 Å². The monoisotopic (exact) mass is 466 g/mol. The fraction of sp³-hybridized carbons (Fsp3) is 0.250. The lowest BCUT2D eigenvalue weighted by Gasteiger charge is -2.27. The van der Waals surface area contributed by atoms with Gasteiger partial charge in [0.2, 0.25) is 15.0 Å². The predicted molar refractivity (Wildman–Crippen MR) is 106 cm³/mol. The van der Waals surface area contributed by atoms with Gasteiger partial charge < -0.3 is 14.6 Å². The minimum atomic E-state index is -4.42. The molecule has 3 aromatic rings. The molecule has 0 saturated carbocycles. The first kappa shape index (κ1) is 21.8. The maximum absolute atomic E-state index is 12.7. The number of imidazole rings is 1. The summed E-state index contributed by atoms with van der Waals surface area (Å²) in [6.45, 7) is 0.564. The summed E-state index contributed by atoms with van der Waals surface area (Å²) >= 11 is 0. The zero-order valence-corrected chi connectivity index (χ0v) is 17.5. The van der Waals surface area contributed by atoms with Crippen molar-refractivity contribution < 1.29 is 31.1 Å². The van der Waals surface area contributed by atoms with E-state index in [9.17, 15) is 26.4 Å². The van der Waals surface area contributed by atoms with Gasteiger partial charge in [-0.2, -0.15) is 13.2 Å². The summed E-state index contributed by atoms with van der Waals surface area (Å²) in [6, 6.07) is 6.08. The average molecular weight is 466 g/mol. The quantitative estimate of drug-likeness (QED) is 0.633. The fourth-order valence-electron chi connectivity index (χ4n) is 3.23. The molecular weight excluding hydrogens is 449 g/mol. The summed E-state index contributed by atoms with van der Waals surface area (Å²) in [7, 11) is -3.55. The number of nitrogens with one attached hydrogen (secondary N) is 1. The van der Waals surface area contributed by atoms with E-state index in [1.807, 2.05) is 0 Å². The van der Waals surface area contributed by atoms with E-state index < -0.39 is 27.5 Å². The second-order valence-electron chi connectivity index (χ2n) is 7.24. The van der Waals surface area contributed by atoms with Gasteiger partial charge in [-0.15, -0.1) is 0 Å². The van der Waals surface area contributed by atoms with Crippen molar-refractivity contribution >= 4 is 15.7 Å². The number of aromatic amines is 1. The molecule has 2 aromatic heterocycles. The molecule has 0 saturated heterocycles. The number of sulfone groups is 1. The average Bonchev–Trinajstić information content (AvgIpc) is 3.23. The van der Waals surface area contributed by atoms with E-state index in [1.165, 1.54) is 29.4 Å². The molecule has 8 nitrogen and oxygen atoms in total. The Morgan fingerprint density at radius 3 is 2.53 bits per heavy atom. The summed E-state index contributed by atoms with van der Waals surface area (Å²) in [5.74, 6) is 0.189. The van der Waals surface area contributed by atoms with Crippen LogP contribution in [-0.4, -0.2) is 47.0 Å². The van der Waals surface area contributed by atoms with Crippen LogP contribution in [0.15, 0.2) is 47.9 Å². The number of benzene rings is 1. The number of carbonyl (C=O) groups excluding carboxylic acids is 1. The molecule has 1 aliphatic rings. The Balaban J connectivity index is 1.45. The molecule has 0 aliphatic carbocycles. The molecule has 0 fully saturated rings. The van der Waals surface area contributed by atoms with E-state index in [4.69, 9.17) is 4.74 Å². The van der Waals surface area contributed by atoms with Gasteiger partial charge in [-0.1, -0.05) is 0 Å². The smallest absolute Gasteiger partial charge is 0.416 e. The number of halogens is 3. The number of rotatable bonds is 4. The third kappa shape index (κ3) is 4.59. The molecule has 1 amide bonds. The standard InChI is InChI=1S/C20H17F3N4O4S/c1-32(29,30)19-25-10-16(26-19)18(28)27-7-6-12-8-15(9-24-17(12)11-27)31-14-4-2-13(3-5-14)20(21,22)23/h2-5,8-10H,6-7,11H2,1H3,(H,25,26). The number of amides is 1. The number of ether oxygens (including phenoxy) is 1. The van der Waals surface area contributed by atoms with E-state index in [2.05, 4.69) is 15.0 Å². The van der Waals surface area contributed by atoms with Crippen LogP contribution in [0.3, 0.4) is 0 Å². The molecule has 12 heteroatoms. The van der Waals surface area contributed by atoms with Crippen LogP contribution >= 0.6 is 0 Å². The largest absolute Gasteiger partial charge is 0.456 e. The van der Waals surface area contributed by atoms with Crippen LogP contribution in [0, 0.1) is 0 Å². The van der Waals surface area contributed by atoms with Crippen molar-refractivity contribution in [1.82, 2.24) is 19.9 Å². The van der Waals surface area contributed by atoms with Crippen LogP contribution in [0.25, 0.3) is 0 Å². The highest BCUT2D eigenvalue weighted by Crippen LogP contribution is 2.32. The lowest BCUT2D eigenvalue weighted by molar-refractivity contribution is -0.137. The first-order chi connectivity index (χ1) is 15.0. The Labute approximate surface area is 181 Å². The Kier molecular flexibility index (Phi) is 5.41. The Morgan fingerprint density at radius 1 is 1.19 bits per heavy atom. The Bertz CT molecular complexity index is 1270. The number of nitrogens with zero attached hydrogens (tertiary/aromatic N) is 3. The molecule has 0 spiro atoms. The van der Waals surface area contributed by atoms with Gasteiger partial charge in [-0.25, -0.2) is 13.4 Å². The second kappa shape index (κ2) is 7.93. The molecule has 3 heterocycles. The van der Waals surface area contributed by atoms with Gasteiger partial charge in [-0.05, 0) is 42.3 Å². The number of alkyl halides is 3. The number of hydrogen-bond acceptors (Lipinski definition) is 6.